The summed E-state index contributed by atoms with van der Waals surface area (Å²) in [5.74, 6) is 0.792. The van der Waals surface area contributed by atoms with E-state index in [1.54, 1.807) is 6.20 Å². The molecule has 2 aromatic rings. The molecule has 0 atom stereocenters. The highest BCUT2D eigenvalue weighted by atomic mass is 35.5. The Morgan fingerprint density at radius 2 is 1.85 bits per heavy atom. The molecule has 1 amide bonds. The van der Waals surface area contributed by atoms with Crippen molar-refractivity contribution >= 4 is 28.4 Å². The number of pyridine rings is 1. The SMILES string of the molecule is CC(C)(O)[C@H]1CC[C@H](NC(=O)c2cnc3cc(C4CC4)c(Cl)cc3c2)CC1. The van der Waals surface area contributed by atoms with E-state index >= 15 is 0 Å². The number of nitrogens with zero attached hydrogens (tertiary/aromatic N) is 1. The van der Waals surface area contributed by atoms with Crippen LogP contribution >= 0.6 is 11.6 Å². The number of benzene rings is 1. The lowest BCUT2D eigenvalue weighted by atomic mass is 9.77. The van der Waals surface area contributed by atoms with Crippen molar-refractivity contribution in [2.24, 2.45) is 5.92 Å². The van der Waals surface area contributed by atoms with Gasteiger partial charge in [0.15, 0.2) is 0 Å². The van der Waals surface area contributed by atoms with Crippen molar-refractivity contribution in [1.82, 2.24) is 10.3 Å². The van der Waals surface area contributed by atoms with Crippen molar-refractivity contribution in [3.05, 3.63) is 40.5 Å². The van der Waals surface area contributed by atoms with E-state index in [0.29, 0.717) is 17.4 Å². The first-order valence-corrected chi connectivity index (χ1v) is 10.3. The fraction of sp³-hybridized carbons (Fsp3) is 0.545. The largest absolute Gasteiger partial charge is 0.390 e. The fourth-order valence-corrected chi connectivity index (χ4v) is 4.54. The molecule has 1 aromatic heterocycles. The third-order valence-electron chi connectivity index (χ3n) is 6.14. The van der Waals surface area contributed by atoms with E-state index in [4.69, 9.17) is 11.6 Å². The number of nitrogens with one attached hydrogen (secondary N) is 1. The Morgan fingerprint density at radius 1 is 1.15 bits per heavy atom. The number of rotatable bonds is 4. The highest BCUT2D eigenvalue weighted by Crippen LogP contribution is 2.44. The van der Waals surface area contributed by atoms with E-state index < -0.39 is 5.60 Å². The van der Waals surface area contributed by atoms with E-state index in [9.17, 15) is 9.90 Å². The molecule has 1 aromatic carbocycles. The van der Waals surface area contributed by atoms with E-state index in [2.05, 4.69) is 16.4 Å². The first-order chi connectivity index (χ1) is 12.8. The van der Waals surface area contributed by atoms with Crippen molar-refractivity contribution in [1.29, 1.82) is 0 Å². The zero-order valence-electron chi connectivity index (χ0n) is 16.0. The van der Waals surface area contributed by atoms with Gasteiger partial charge in [-0.1, -0.05) is 11.6 Å². The van der Waals surface area contributed by atoms with Crippen LogP contribution in [0, 0.1) is 5.92 Å². The highest BCUT2D eigenvalue weighted by molar-refractivity contribution is 6.32. The second kappa shape index (κ2) is 7.06. The summed E-state index contributed by atoms with van der Waals surface area (Å²) in [5, 5.41) is 15.0. The Kier molecular flexibility index (Phi) is 4.89. The minimum atomic E-state index is -0.643. The third-order valence-corrected chi connectivity index (χ3v) is 6.47. The Balaban J connectivity index is 1.44. The van der Waals surface area contributed by atoms with Crippen molar-refractivity contribution in [2.75, 3.05) is 0 Å². The summed E-state index contributed by atoms with van der Waals surface area (Å²) in [7, 11) is 0. The van der Waals surface area contributed by atoms with Crippen LogP contribution in [0.1, 0.15) is 74.2 Å². The fourth-order valence-electron chi connectivity index (χ4n) is 4.21. The number of carbonyl (C=O) groups is 1. The Bertz CT molecular complexity index is 862. The molecule has 1 heterocycles. The van der Waals surface area contributed by atoms with Crippen LogP contribution in [0.5, 0.6) is 0 Å². The minimum absolute atomic E-state index is 0.0847. The van der Waals surface area contributed by atoms with Gasteiger partial charge < -0.3 is 10.4 Å². The van der Waals surface area contributed by atoms with E-state index in [-0.39, 0.29) is 11.9 Å². The summed E-state index contributed by atoms with van der Waals surface area (Å²) in [4.78, 5) is 17.2. The van der Waals surface area contributed by atoms with E-state index in [1.807, 2.05) is 26.0 Å². The summed E-state index contributed by atoms with van der Waals surface area (Å²) >= 11 is 6.43. The zero-order chi connectivity index (χ0) is 19.2. The first kappa shape index (κ1) is 18.7. The lowest BCUT2D eigenvalue weighted by Gasteiger charge is -2.36. The highest BCUT2D eigenvalue weighted by Gasteiger charge is 2.32. The second-order valence-corrected chi connectivity index (χ2v) is 9.15. The normalized spacial score (nSPS) is 23.4. The number of aromatic nitrogens is 1. The van der Waals surface area contributed by atoms with E-state index in [1.165, 1.54) is 18.4 Å². The average molecular weight is 387 g/mol. The van der Waals surface area contributed by atoms with Crippen LogP contribution in [0.25, 0.3) is 10.9 Å². The molecule has 4 nitrogen and oxygen atoms in total. The molecule has 2 fully saturated rings. The van der Waals surface area contributed by atoms with Gasteiger partial charge in [-0.05, 0) is 88.0 Å². The van der Waals surface area contributed by atoms with Gasteiger partial charge in [-0.2, -0.15) is 0 Å². The molecule has 5 heteroatoms. The maximum atomic E-state index is 12.7. The number of halogens is 1. The monoisotopic (exact) mass is 386 g/mol. The summed E-state index contributed by atoms with van der Waals surface area (Å²) in [6.07, 6.45) is 7.72. The minimum Gasteiger partial charge on any atom is -0.390 e. The quantitative estimate of drug-likeness (QED) is 0.791. The van der Waals surface area contributed by atoms with Gasteiger partial charge in [-0.3, -0.25) is 9.78 Å². The lowest BCUT2D eigenvalue weighted by Crippen LogP contribution is -2.41. The third kappa shape index (κ3) is 4.12. The zero-order valence-corrected chi connectivity index (χ0v) is 16.7. The molecule has 0 saturated heterocycles. The Labute approximate surface area is 165 Å². The van der Waals surface area contributed by atoms with Gasteiger partial charge in [0.2, 0.25) is 0 Å². The van der Waals surface area contributed by atoms with Crippen molar-refractivity contribution in [2.45, 2.75) is 69.9 Å². The molecular weight excluding hydrogens is 360 g/mol. The van der Waals surface area contributed by atoms with Gasteiger partial charge in [-0.25, -0.2) is 0 Å². The summed E-state index contributed by atoms with van der Waals surface area (Å²) in [6.45, 7) is 3.74. The summed E-state index contributed by atoms with van der Waals surface area (Å²) in [6, 6.07) is 6.04. The molecule has 2 N–H and O–H groups in total. The van der Waals surface area contributed by atoms with Crippen LogP contribution in [0.4, 0.5) is 0 Å². The first-order valence-electron chi connectivity index (χ1n) is 9.93. The predicted octanol–water partition coefficient (Wildman–Crippen LogP) is 4.83. The second-order valence-electron chi connectivity index (χ2n) is 8.74. The smallest absolute Gasteiger partial charge is 0.253 e. The molecule has 0 radical (unpaired) electrons. The number of carbonyl (C=O) groups excluding carboxylic acids is 1. The molecule has 2 aliphatic carbocycles. The number of hydrogen-bond donors (Lipinski definition) is 2. The van der Waals surface area contributed by atoms with Crippen molar-refractivity contribution in [3.8, 4) is 0 Å². The van der Waals surface area contributed by atoms with Crippen LogP contribution in [-0.4, -0.2) is 27.6 Å². The van der Waals surface area contributed by atoms with Crippen molar-refractivity contribution in [3.63, 3.8) is 0 Å². The van der Waals surface area contributed by atoms with Gasteiger partial charge in [0.05, 0.1) is 16.7 Å². The number of hydrogen-bond acceptors (Lipinski definition) is 3. The topological polar surface area (TPSA) is 62.2 Å². The molecule has 2 aliphatic rings. The molecule has 0 spiro atoms. The van der Waals surface area contributed by atoms with Gasteiger partial charge >= 0.3 is 0 Å². The molecule has 0 unspecified atom stereocenters. The van der Waals surface area contributed by atoms with Crippen LogP contribution in [0.3, 0.4) is 0 Å². The summed E-state index contributed by atoms with van der Waals surface area (Å²) in [5.41, 5.74) is 2.00. The molecule has 144 valence electrons. The number of fused-ring (bicyclic) bond motifs is 1. The standard InChI is InChI=1S/C22H27ClN2O2/c1-22(2,27)16-5-7-17(8-6-16)25-21(26)15-9-14-10-19(23)18(13-3-4-13)11-20(14)24-12-15/h9-13,16-17,27H,3-8H2,1-2H3,(H,25,26)/t16-,17-. The lowest BCUT2D eigenvalue weighted by molar-refractivity contribution is -0.00257. The molecular formula is C22H27ClN2O2. The molecule has 27 heavy (non-hydrogen) atoms. The van der Waals surface area contributed by atoms with Crippen LogP contribution in [-0.2, 0) is 0 Å². The van der Waals surface area contributed by atoms with Crippen LogP contribution < -0.4 is 5.32 Å². The molecule has 4 rings (SSSR count). The predicted molar refractivity (Wildman–Crippen MR) is 108 cm³/mol. The van der Waals surface area contributed by atoms with Gasteiger partial charge in [0.25, 0.3) is 5.91 Å². The van der Waals surface area contributed by atoms with E-state index in [0.717, 1.165) is 41.6 Å². The van der Waals surface area contributed by atoms with Crippen molar-refractivity contribution < 1.29 is 9.90 Å². The maximum Gasteiger partial charge on any atom is 0.253 e. The number of amides is 1. The Hall–Kier alpha value is -1.65. The number of aliphatic hydroxyl groups is 1. The van der Waals surface area contributed by atoms with Gasteiger partial charge in [0, 0.05) is 22.6 Å². The molecule has 0 bridgehead atoms. The van der Waals surface area contributed by atoms with Gasteiger partial charge in [0.1, 0.15) is 0 Å². The molecule has 2 saturated carbocycles. The average Bonchev–Trinajstić information content (AvgIpc) is 3.45. The molecule has 0 aliphatic heterocycles. The van der Waals surface area contributed by atoms with Crippen LogP contribution in [0.15, 0.2) is 24.4 Å². The Morgan fingerprint density at radius 3 is 2.48 bits per heavy atom. The maximum absolute atomic E-state index is 12.7. The summed E-state index contributed by atoms with van der Waals surface area (Å²) < 4.78 is 0. The van der Waals surface area contributed by atoms with Crippen LogP contribution in [0.2, 0.25) is 5.02 Å². The van der Waals surface area contributed by atoms with Gasteiger partial charge in [-0.15, -0.1) is 0 Å².